The van der Waals surface area contributed by atoms with Gasteiger partial charge < -0.3 is 14.8 Å². The van der Waals surface area contributed by atoms with Gasteiger partial charge in [-0.15, -0.1) is 23.1 Å². The first-order valence-corrected chi connectivity index (χ1v) is 13.9. The fourth-order valence-corrected chi connectivity index (χ4v) is 6.42. The summed E-state index contributed by atoms with van der Waals surface area (Å²) in [4.78, 5) is 29.4. The number of esters is 1. The summed E-state index contributed by atoms with van der Waals surface area (Å²) in [5.74, 6) is -0.540. The van der Waals surface area contributed by atoms with Crippen LogP contribution in [0.3, 0.4) is 0 Å². The fraction of sp³-hybridized carbons (Fsp3) is 0.407. The highest BCUT2D eigenvalue weighted by Gasteiger charge is 2.41. The van der Waals surface area contributed by atoms with Crippen molar-refractivity contribution in [3.05, 3.63) is 74.8 Å². The summed E-state index contributed by atoms with van der Waals surface area (Å²) in [7, 11) is 0. The van der Waals surface area contributed by atoms with Crippen LogP contribution < -0.4 is 5.32 Å². The highest BCUT2D eigenvalue weighted by atomic mass is 32.2. The molecule has 2 aromatic rings. The number of allylic oxidation sites excluding steroid dienone is 3. The maximum atomic E-state index is 13.6. The molecule has 0 amide bonds. The van der Waals surface area contributed by atoms with Crippen molar-refractivity contribution in [1.29, 1.82) is 0 Å². The van der Waals surface area contributed by atoms with Crippen LogP contribution in [0.5, 0.6) is 0 Å². The zero-order valence-electron chi connectivity index (χ0n) is 19.5. The van der Waals surface area contributed by atoms with Gasteiger partial charge in [-0.05, 0) is 61.6 Å². The van der Waals surface area contributed by atoms with E-state index in [1.807, 2.05) is 31.4 Å². The smallest absolute Gasteiger partial charge is 0.336 e. The topological polar surface area (TPSA) is 64.6 Å². The Morgan fingerprint density at radius 3 is 2.74 bits per heavy atom. The third-order valence-corrected chi connectivity index (χ3v) is 8.64. The quantitative estimate of drug-likeness (QED) is 0.419. The number of hydrogen-bond acceptors (Lipinski definition) is 7. The highest BCUT2D eigenvalue weighted by molar-refractivity contribution is 7.98. The molecule has 0 saturated carbocycles. The van der Waals surface area contributed by atoms with Crippen molar-refractivity contribution in [2.75, 3.05) is 19.5 Å². The van der Waals surface area contributed by atoms with E-state index >= 15 is 0 Å². The van der Waals surface area contributed by atoms with Gasteiger partial charge in [0, 0.05) is 51.6 Å². The summed E-state index contributed by atoms with van der Waals surface area (Å²) >= 11 is 3.36. The first-order valence-electron chi connectivity index (χ1n) is 11.7. The third kappa shape index (κ3) is 4.61. The van der Waals surface area contributed by atoms with Crippen LogP contribution in [0.15, 0.2) is 69.2 Å². The number of hydrogen-bond donors (Lipinski definition) is 1. The fourth-order valence-electron chi connectivity index (χ4n) is 5.19. The van der Waals surface area contributed by atoms with E-state index in [9.17, 15) is 9.59 Å². The first-order chi connectivity index (χ1) is 16.5. The summed E-state index contributed by atoms with van der Waals surface area (Å²) in [6.45, 7) is 2.87. The molecule has 1 aliphatic carbocycles. The number of rotatable bonds is 6. The summed E-state index contributed by atoms with van der Waals surface area (Å²) in [5.41, 5.74) is 3.87. The van der Waals surface area contributed by atoms with Crippen molar-refractivity contribution in [2.24, 2.45) is 0 Å². The van der Waals surface area contributed by atoms with Crippen molar-refractivity contribution < 1.29 is 19.1 Å². The Kier molecular flexibility index (Phi) is 6.95. The summed E-state index contributed by atoms with van der Waals surface area (Å²) in [6.07, 6.45) is 5.10. The molecule has 34 heavy (non-hydrogen) atoms. The van der Waals surface area contributed by atoms with E-state index in [1.54, 1.807) is 23.1 Å². The number of dihydropyridines is 1. The molecule has 1 aromatic carbocycles. The van der Waals surface area contributed by atoms with Crippen molar-refractivity contribution in [3.63, 3.8) is 0 Å². The average Bonchev–Trinajstić information content (AvgIpc) is 3.56. The molecule has 0 spiro atoms. The van der Waals surface area contributed by atoms with E-state index in [-0.39, 0.29) is 30.4 Å². The predicted octanol–water partition coefficient (Wildman–Crippen LogP) is 5.55. The number of ketones is 1. The van der Waals surface area contributed by atoms with Gasteiger partial charge in [-0.25, -0.2) is 4.79 Å². The average molecular weight is 496 g/mol. The molecule has 1 N–H and O–H groups in total. The van der Waals surface area contributed by atoms with Gasteiger partial charge in [-0.3, -0.25) is 4.79 Å². The molecule has 1 saturated heterocycles. The molecule has 0 bridgehead atoms. The molecule has 3 heterocycles. The van der Waals surface area contributed by atoms with Crippen molar-refractivity contribution >= 4 is 34.9 Å². The van der Waals surface area contributed by atoms with E-state index in [1.165, 1.54) is 4.88 Å². The van der Waals surface area contributed by atoms with E-state index < -0.39 is 5.92 Å². The molecule has 0 unspecified atom stereocenters. The molecule has 5 rings (SSSR count). The van der Waals surface area contributed by atoms with E-state index in [0.717, 1.165) is 41.1 Å². The van der Waals surface area contributed by atoms with Crippen LogP contribution in [0.1, 0.15) is 54.9 Å². The molecule has 3 atom stereocenters. The molecule has 0 radical (unpaired) electrons. The molecule has 7 heteroatoms. The minimum atomic E-state index is -0.430. The predicted molar refractivity (Wildman–Crippen MR) is 135 cm³/mol. The largest absolute Gasteiger partial charge is 0.459 e. The SMILES string of the molecule is CSc1ccc([C@@H]2C(C(=O)OC[C@@H]3CCCO3)=C(C)NC3=C2C(=O)C[C@@H](c2cccs2)C3)cc1. The van der Waals surface area contributed by atoms with Gasteiger partial charge in [0.15, 0.2) is 5.78 Å². The normalized spacial score (nSPS) is 24.8. The van der Waals surface area contributed by atoms with Crippen LogP contribution in [0, 0.1) is 0 Å². The lowest BCUT2D eigenvalue weighted by molar-refractivity contribution is -0.142. The number of Topliss-reactive ketones (excluding diaryl/α,β-unsaturated/α-hetero) is 1. The van der Waals surface area contributed by atoms with Gasteiger partial charge in [-0.1, -0.05) is 18.2 Å². The van der Waals surface area contributed by atoms with Gasteiger partial charge in [0.2, 0.25) is 0 Å². The van der Waals surface area contributed by atoms with Crippen LogP contribution in [0.2, 0.25) is 0 Å². The summed E-state index contributed by atoms with van der Waals surface area (Å²) < 4.78 is 11.4. The van der Waals surface area contributed by atoms with Crippen LogP contribution in [-0.4, -0.2) is 37.3 Å². The lowest BCUT2D eigenvalue weighted by Crippen LogP contribution is -2.36. The van der Waals surface area contributed by atoms with Gasteiger partial charge in [-0.2, -0.15) is 0 Å². The Balaban J connectivity index is 1.50. The lowest BCUT2D eigenvalue weighted by Gasteiger charge is -2.36. The molecule has 5 nitrogen and oxygen atoms in total. The molecule has 1 aromatic heterocycles. The maximum absolute atomic E-state index is 13.6. The van der Waals surface area contributed by atoms with Crippen LogP contribution in [0.25, 0.3) is 0 Å². The number of thiophene rings is 1. The number of thioether (sulfide) groups is 1. The van der Waals surface area contributed by atoms with Crippen LogP contribution >= 0.6 is 23.1 Å². The monoisotopic (exact) mass is 495 g/mol. The van der Waals surface area contributed by atoms with Crippen molar-refractivity contribution in [3.8, 4) is 0 Å². The van der Waals surface area contributed by atoms with Crippen molar-refractivity contribution in [2.45, 2.75) is 55.4 Å². The Morgan fingerprint density at radius 2 is 2.06 bits per heavy atom. The van der Waals surface area contributed by atoms with E-state index in [4.69, 9.17) is 9.47 Å². The zero-order chi connectivity index (χ0) is 23.7. The minimum Gasteiger partial charge on any atom is -0.459 e. The van der Waals surface area contributed by atoms with Crippen molar-refractivity contribution in [1.82, 2.24) is 5.32 Å². The molecule has 2 aliphatic heterocycles. The number of carbonyl (C=O) groups excluding carboxylic acids is 2. The second-order valence-corrected chi connectivity index (χ2v) is 10.9. The molecule has 3 aliphatic rings. The lowest BCUT2D eigenvalue weighted by atomic mass is 9.72. The second kappa shape index (κ2) is 10.1. The Labute approximate surface area is 208 Å². The first kappa shape index (κ1) is 23.4. The second-order valence-electron chi connectivity index (χ2n) is 9.04. The van der Waals surface area contributed by atoms with Gasteiger partial charge in [0.1, 0.15) is 6.61 Å². The molecular weight excluding hydrogens is 466 g/mol. The van der Waals surface area contributed by atoms with Gasteiger partial charge in [0.05, 0.1) is 11.7 Å². The van der Waals surface area contributed by atoms with Gasteiger partial charge >= 0.3 is 5.97 Å². The maximum Gasteiger partial charge on any atom is 0.336 e. The third-order valence-electron chi connectivity index (χ3n) is 6.87. The van der Waals surface area contributed by atoms with E-state index in [2.05, 4.69) is 28.9 Å². The zero-order valence-corrected chi connectivity index (χ0v) is 21.1. The minimum absolute atomic E-state index is 0.0432. The highest BCUT2D eigenvalue weighted by Crippen LogP contribution is 2.46. The van der Waals surface area contributed by atoms with Crippen LogP contribution in [0.4, 0.5) is 0 Å². The van der Waals surface area contributed by atoms with Crippen LogP contribution in [-0.2, 0) is 19.1 Å². The number of nitrogens with one attached hydrogen (secondary N) is 1. The number of ether oxygens (including phenoxy) is 2. The Morgan fingerprint density at radius 1 is 1.24 bits per heavy atom. The number of benzene rings is 1. The Bertz CT molecular complexity index is 1130. The molecule has 178 valence electrons. The van der Waals surface area contributed by atoms with E-state index in [0.29, 0.717) is 24.2 Å². The molecular formula is C27H29NO4S2. The molecule has 1 fully saturated rings. The number of carbonyl (C=O) groups is 2. The van der Waals surface area contributed by atoms with Gasteiger partial charge in [0.25, 0.3) is 0 Å². The summed E-state index contributed by atoms with van der Waals surface area (Å²) in [5, 5.41) is 5.49. The standard InChI is InChI=1S/C27H29NO4S2/c1-16-24(27(30)32-15-19-5-3-11-31-19)25(17-7-9-20(33-2)10-8-17)26-21(28-16)13-18(14-22(26)29)23-6-4-12-34-23/h4,6-10,12,18-19,25,28H,3,5,11,13-15H2,1-2H3/t18-,19-,25+/m0/s1. The Hall–Kier alpha value is -2.35. The summed E-state index contributed by atoms with van der Waals surface area (Å²) in [6, 6.07) is 12.3.